The Balaban J connectivity index is 1.60. The Bertz CT molecular complexity index is 636. The molecule has 25 heavy (non-hydrogen) atoms. The largest absolute Gasteiger partial charge is 0.411 e. The van der Waals surface area contributed by atoms with Crippen molar-refractivity contribution in [3.8, 4) is 0 Å². The Morgan fingerprint density at radius 2 is 1.96 bits per heavy atom. The molecule has 3 nitrogen and oxygen atoms in total. The van der Waals surface area contributed by atoms with Gasteiger partial charge in [0.2, 0.25) is 0 Å². The van der Waals surface area contributed by atoms with Crippen LogP contribution in [0.4, 0.5) is 0 Å². The molecule has 3 heteroatoms. The van der Waals surface area contributed by atoms with Crippen LogP contribution in [0, 0.1) is 34.5 Å². The van der Waals surface area contributed by atoms with Gasteiger partial charge in [0.25, 0.3) is 0 Å². The maximum absolute atomic E-state index is 11.9. The lowest BCUT2D eigenvalue weighted by Gasteiger charge is -2.58. The molecule has 0 aromatic rings. The van der Waals surface area contributed by atoms with Gasteiger partial charge in [0.1, 0.15) is 0 Å². The van der Waals surface area contributed by atoms with Crippen molar-refractivity contribution >= 4 is 11.5 Å². The predicted molar refractivity (Wildman–Crippen MR) is 99.7 cm³/mol. The normalized spacial score (nSPS) is 46.9. The molecule has 3 saturated carbocycles. The molecular weight excluding hydrogens is 310 g/mol. The van der Waals surface area contributed by atoms with Gasteiger partial charge >= 0.3 is 0 Å². The summed E-state index contributed by atoms with van der Waals surface area (Å²) in [4.78, 5) is 11.9. The van der Waals surface area contributed by atoms with E-state index in [0.29, 0.717) is 17.1 Å². The monoisotopic (exact) mass is 343 g/mol. The molecule has 4 rings (SSSR count). The van der Waals surface area contributed by atoms with Crippen molar-refractivity contribution in [2.24, 2.45) is 39.7 Å². The fourth-order valence-electron chi connectivity index (χ4n) is 7.40. The standard InChI is InChI=1S/C22H33NO2/c1-14(23-25)12-15-5-7-19-18-6-4-16-13-17(24)8-10-21(16,2)20(18)9-11-22(15,19)3/h13,15,18-20,25H,4-12H2,1-3H3/b23-14+. The topological polar surface area (TPSA) is 49.7 Å². The first kappa shape index (κ1) is 17.3. The van der Waals surface area contributed by atoms with Gasteiger partial charge in [0.15, 0.2) is 5.78 Å². The van der Waals surface area contributed by atoms with Crippen molar-refractivity contribution < 1.29 is 10.0 Å². The van der Waals surface area contributed by atoms with Crippen molar-refractivity contribution in [2.45, 2.75) is 78.6 Å². The van der Waals surface area contributed by atoms with Crippen molar-refractivity contribution in [2.75, 3.05) is 0 Å². The highest BCUT2D eigenvalue weighted by Gasteiger charge is 2.58. The van der Waals surface area contributed by atoms with Gasteiger partial charge in [-0.2, -0.15) is 0 Å². The molecule has 6 unspecified atom stereocenters. The number of nitrogens with zero attached hydrogens (tertiary/aromatic N) is 1. The summed E-state index contributed by atoms with van der Waals surface area (Å²) >= 11 is 0. The third-order valence-electron chi connectivity index (χ3n) is 8.87. The third-order valence-corrected chi connectivity index (χ3v) is 8.87. The van der Waals surface area contributed by atoms with E-state index in [-0.39, 0.29) is 5.41 Å². The third kappa shape index (κ3) is 2.52. The molecule has 0 amide bonds. The second-order valence-electron chi connectivity index (χ2n) is 9.83. The van der Waals surface area contributed by atoms with Crippen LogP contribution in [0.2, 0.25) is 0 Å². The van der Waals surface area contributed by atoms with Gasteiger partial charge in [-0.1, -0.05) is 24.6 Å². The molecule has 0 aromatic carbocycles. The Kier molecular flexibility index (Phi) is 4.12. The van der Waals surface area contributed by atoms with Crippen LogP contribution in [0.25, 0.3) is 0 Å². The first-order chi connectivity index (χ1) is 11.9. The van der Waals surface area contributed by atoms with Crippen LogP contribution in [0.1, 0.15) is 78.6 Å². The van der Waals surface area contributed by atoms with E-state index < -0.39 is 0 Å². The molecule has 0 bridgehead atoms. The first-order valence-electron chi connectivity index (χ1n) is 10.3. The minimum Gasteiger partial charge on any atom is -0.411 e. The second-order valence-corrected chi connectivity index (χ2v) is 9.83. The summed E-state index contributed by atoms with van der Waals surface area (Å²) in [5.74, 6) is 3.44. The number of allylic oxidation sites excluding steroid dienone is 1. The lowest BCUT2D eigenvalue weighted by Crippen LogP contribution is -2.50. The zero-order valence-electron chi connectivity index (χ0n) is 16.1. The quantitative estimate of drug-likeness (QED) is 0.416. The van der Waals surface area contributed by atoms with E-state index in [4.69, 9.17) is 5.21 Å². The molecule has 0 saturated heterocycles. The lowest BCUT2D eigenvalue weighted by atomic mass is 9.46. The molecule has 0 aromatic heterocycles. The number of carbonyl (C=O) groups excluding carboxylic acids is 1. The molecule has 138 valence electrons. The van der Waals surface area contributed by atoms with Gasteiger partial charge in [-0.05, 0) is 98.9 Å². The molecule has 1 N–H and O–H groups in total. The van der Waals surface area contributed by atoms with Crippen molar-refractivity contribution in [3.63, 3.8) is 0 Å². The molecule has 0 heterocycles. The van der Waals surface area contributed by atoms with Gasteiger partial charge in [0.05, 0.1) is 5.71 Å². The summed E-state index contributed by atoms with van der Waals surface area (Å²) in [6.45, 7) is 6.94. The SMILES string of the molecule is C/C(CC1CCC2C3CCC4=CC(=O)CCC4(C)C3CCC12C)=N\O. The van der Waals surface area contributed by atoms with Crippen LogP contribution in [0.5, 0.6) is 0 Å². The number of hydrogen-bond acceptors (Lipinski definition) is 3. The maximum atomic E-state index is 11.9. The summed E-state index contributed by atoms with van der Waals surface area (Å²) in [5, 5.41) is 12.6. The number of carbonyl (C=O) groups is 1. The Morgan fingerprint density at radius 3 is 2.72 bits per heavy atom. The van der Waals surface area contributed by atoms with Gasteiger partial charge < -0.3 is 5.21 Å². The molecule has 3 fully saturated rings. The number of ketones is 1. The average Bonchev–Trinajstić information content (AvgIpc) is 2.92. The van der Waals surface area contributed by atoms with E-state index in [9.17, 15) is 4.79 Å². The van der Waals surface area contributed by atoms with Crippen LogP contribution in [-0.2, 0) is 4.79 Å². The molecular formula is C22H33NO2. The summed E-state index contributed by atoms with van der Waals surface area (Å²) in [5.41, 5.74) is 3.04. The molecule has 4 aliphatic rings. The van der Waals surface area contributed by atoms with Crippen molar-refractivity contribution in [1.29, 1.82) is 0 Å². The van der Waals surface area contributed by atoms with Gasteiger partial charge in [-0.3, -0.25) is 4.79 Å². The van der Waals surface area contributed by atoms with Gasteiger partial charge in [-0.15, -0.1) is 0 Å². The van der Waals surface area contributed by atoms with Gasteiger partial charge in [-0.25, -0.2) is 0 Å². The first-order valence-corrected chi connectivity index (χ1v) is 10.3. The van der Waals surface area contributed by atoms with Crippen LogP contribution in [0.3, 0.4) is 0 Å². The van der Waals surface area contributed by atoms with E-state index in [2.05, 4.69) is 19.0 Å². The summed E-state index contributed by atoms with van der Waals surface area (Å²) in [6.07, 6.45) is 12.4. The Hall–Kier alpha value is -1.12. The van der Waals surface area contributed by atoms with E-state index in [1.165, 1.54) is 37.7 Å². The van der Waals surface area contributed by atoms with Crippen LogP contribution >= 0.6 is 0 Å². The summed E-state index contributed by atoms with van der Waals surface area (Å²) in [6, 6.07) is 0. The Labute approximate surface area is 151 Å². The van der Waals surface area contributed by atoms with Crippen molar-refractivity contribution in [3.05, 3.63) is 11.6 Å². The number of oxime groups is 1. The van der Waals surface area contributed by atoms with Crippen LogP contribution < -0.4 is 0 Å². The molecule has 0 spiro atoms. The highest BCUT2D eigenvalue weighted by atomic mass is 16.4. The Morgan fingerprint density at radius 1 is 1.16 bits per heavy atom. The average molecular weight is 344 g/mol. The summed E-state index contributed by atoms with van der Waals surface area (Å²) < 4.78 is 0. The predicted octanol–water partition coefficient (Wildman–Crippen LogP) is 5.37. The van der Waals surface area contributed by atoms with E-state index in [1.807, 2.05) is 13.0 Å². The molecule has 0 radical (unpaired) electrons. The van der Waals surface area contributed by atoms with E-state index >= 15 is 0 Å². The molecule has 6 atom stereocenters. The van der Waals surface area contributed by atoms with Crippen molar-refractivity contribution in [1.82, 2.24) is 0 Å². The number of rotatable bonds is 2. The molecule has 4 aliphatic carbocycles. The molecule has 0 aliphatic heterocycles. The lowest BCUT2D eigenvalue weighted by molar-refractivity contribution is -0.117. The zero-order valence-corrected chi connectivity index (χ0v) is 16.1. The van der Waals surface area contributed by atoms with Crippen LogP contribution in [-0.4, -0.2) is 16.7 Å². The summed E-state index contributed by atoms with van der Waals surface area (Å²) in [7, 11) is 0. The van der Waals surface area contributed by atoms with Crippen LogP contribution in [0.15, 0.2) is 16.8 Å². The highest BCUT2D eigenvalue weighted by Crippen LogP contribution is 2.67. The van der Waals surface area contributed by atoms with E-state index in [1.54, 1.807) is 0 Å². The highest BCUT2D eigenvalue weighted by molar-refractivity contribution is 5.91. The maximum Gasteiger partial charge on any atom is 0.155 e. The minimum atomic E-state index is 0.277. The number of fused-ring (bicyclic) bond motifs is 5. The zero-order chi connectivity index (χ0) is 17.8. The van der Waals surface area contributed by atoms with Gasteiger partial charge in [0, 0.05) is 6.42 Å². The number of hydrogen-bond donors (Lipinski definition) is 1. The minimum absolute atomic E-state index is 0.277. The second kappa shape index (κ2) is 5.96. The fraction of sp³-hybridized carbons (Fsp3) is 0.818. The van der Waals surface area contributed by atoms with E-state index in [0.717, 1.165) is 49.1 Å². The fourth-order valence-corrected chi connectivity index (χ4v) is 7.40. The smallest absolute Gasteiger partial charge is 0.155 e.